The van der Waals surface area contributed by atoms with E-state index in [1.54, 1.807) is 29.1 Å². The maximum absolute atomic E-state index is 13.0. The van der Waals surface area contributed by atoms with E-state index < -0.39 is 0 Å². The number of carbonyl (C=O) groups excluding carboxylic acids is 2. The Balaban J connectivity index is 1.13. The highest BCUT2D eigenvalue weighted by molar-refractivity contribution is 6.35. The number of hydrogen-bond donors (Lipinski definition) is 2. The molecule has 0 radical (unpaired) electrons. The molecule has 0 atom stereocenters. The highest BCUT2D eigenvalue weighted by Gasteiger charge is 2.54. The minimum Gasteiger partial charge on any atom is -0.355 e. The van der Waals surface area contributed by atoms with Gasteiger partial charge in [-0.2, -0.15) is 5.10 Å². The predicted molar refractivity (Wildman–Crippen MR) is 125 cm³/mol. The Bertz CT molecular complexity index is 999. The number of rotatable bonds is 7. The van der Waals surface area contributed by atoms with E-state index in [0.29, 0.717) is 29.0 Å². The standard InChI is InChI=1S/C24H28Cl2N4O2/c25-19-2-1-18(20(26)10-19)14-30-21(3-6-28-30)29-22(31)4-5-27-23(32)24-11-15-7-16(12-24)9-17(8-15)13-24/h1-3,6,10,15-17H,4-5,7-9,11-14H2,(H,27,32)(H,29,31). The summed E-state index contributed by atoms with van der Waals surface area (Å²) < 4.78 is 1.68. The van der Waals surface area contributed by atoms with Gasteiger partial charge in [0.25, 0.3) is 0 Å². The summed E-state index contributed by atoms with van der Waals surface area (Å²) in [6.45, 7) is 0.769. The molecule has 4 bridgehead atoms. The molecule has 1 aromatic heterocycles. The van der Waals surface area contributed by atoms with Crippen molar-refractivity contribution in [2.45, 2.75) is 51.5 Å². The van der Waals surface area contributed by atoms with Crippen molar-refractivity contribution >= 4 is 40.8 Å². The molecular weight excluding hydrogens is 447 g/mol. The second kappa shape index (κ2) is 8.71. The molecule has 4 fully saturated rings. The number of halogens is 2. The van der Waals surface area contributed by atoms with Crippen molar-refractivity contribution in [1.82, 2.24) is 15.1 Å². The molecule has 2 N–H and O–H groups in total. The van der Waals surface area contributed by atoms with Gasteiger partial charge in [0.05, 0.1) is 12.7 Å². The summed E-state index contributed by atoms with van der Waals surface area (Å²) in [4.78, 5) is 25.5. The van der Waals surface area contributed by atoms with E-state index in [9.17, 15) is 9.59 Å². The molecule has 4 aliphatic carbocycles. The van der Waals surface area contributed by atoms with Gasteiger partial charge in [0.2, 0.25) is 11.8 Å². The molecule has 32 heavy (non-hydrogen) atoms. The van der Waals surface area contributed by atoms with Gasteiger partial charge >= 0.3 is 0 Å². The van der Waals surface area contributed by atoms with Crippen LogP contribution in [0.1, 0.15) is 50.5 Å². The molecule has 4 aliphatic rings. The Hall–Kier alpha value is -2.05. The van der Waals surface area contributed by atoms with Crippen LogP contribution in [-0.2, 0) is 16.1 Å². The molecule has 8 heteroatoms. The lowest BCUT2D eigenvalue weighted by molar-refractivity contribution is -0.146. The summed E-state index contributed by atoms with van der Waals surface area (Å²) in [7, 11) is 0. The Morgan fingerprint density at radius 2 is 1.75 bits per heavy atom. The molecule has 6 nitrogen and oxygen atoms in total. The van der Waals surface area contributed by atoms with Gasteiger partial charge in [-0.15, -0.1) is 0 Å². The fourth-order valence-corrected chi connectivity index (χ4v) is 6.92. The van der Waals surface area contributed by atoms with E-state index in [-0.39, 0.29) is 23.7 Å². The minimum absolute atomic E-state index is 0.153. The number of carbonyl (C=O) groups is 2. The van der Waals surface area contributed by atoms with Crippen LogP contribution < -0.4 is 10.6 Å². The molecule has 0 saturated heterocycles. The summed E-state index contributed by atoms with van der Waals surface area (Å²) >= 11 is 12.2. The molecule has 0 spiro atoms. The maximum Gasteiger partial charge on any atom is 0.227 e. The van der Waals surface area contributed by atoms with Crippen LogP contribution in [0.2, 0.25) is 10.0 Å². The van der Waals surface area contributed by atoms with Crippen molar-refractivity contribution in [2.24, 2.45) is 23.2 Å². The fourth-order valence-electron chi connectivity index (χ4n) is 6.45. The van der Waals surface area contributed by atoms with E-state index >= 15 is 0 Å². The van der Waals surface area contributed by atoms with Crippen LogP contribution in [0.3, 0.4) is 0 Å². The third kappa shape index (κ3) is 4.40. The fraction of sp³-hybridized carbons (Fsp3) is 0.542. The number of amides is 2. The van der Waals surface area contributed by atoms with Crippen LogP contribution in [0.25, 0.3) is 0 Å². The Kier molecular flexibility index (Phi) is 5.93. The van der Waals surface area contributed by atoms with Crippen molar-refractivity contribution in [3.63, 3.8) is 0 Å². The van der Waals surface area contributed by atoms with Crippen molar-refractivity contribution in [3.05, 3.63) is 46.1 Å². The van der Waals surface area contributed by atoms with Crippen molar-refractivity contribution in [3.8, 4) is 0 Å². The van der Waals surface area contributed by atoms with Gasteiger partial charge in [-0.25, -0.2) is 4.68 Å². The molecule has 170 valence electrons. The monoisotopic (exact) mass is 474 g/mol. The van der Waals surface area contributed by atoms with Crippen molar-refractivity contribution in [2.75, 3.05) is 11.9 Å². The van der Waals surface area contributed by atoms with E-state index in [1.165, 1.54) is 19.3 Å². The zero-order valence-electron chi connectivity index (χ0n) is 17.9. The highest BCUT2D eigenvalue weighted by Crippen LogP contribution is 2.60. The van der Waals surface area contributed by atoms with E-state index in [1.807, 2.05) is 6.07 Å². The summed E-state index contributed by atoms with van der Waals surface area (Å²) in [6.07, 6.45) is 8.88. The average Bonchev–Trinajstić information content (AvgIpc) is 3.15. The van der Waals surface area contributed by atoms with Crippen LogP contribution in [0.5, 0.6) is 0 Å². The number of anilines is 1. The first-order valence-electron chi connectivity index (χ1n) is 11.4. The first-order chi connectivity index (χ1) is 15.4. The smallest absolute Gasteiger partial charge is 0.227 e. The number of aromatic nitrogens is 2. The van der Waals surface area contributed by atoms with Crippen LogP contribution in [0, 0.1) is 23.2 Å². The zero-order chi connectivity index (χ0) is 22.3. The number of nitrogens with zero attached hydrogens (tertiary/aromatic N) is 2. The van der Waals surface area contributed by atoms with Gasteiger partial charge in [0.15, 0.2) is 0 Å². The minimum atomic E-state index is -0.179. The van der Waals surface area contributed by atoms with Gasteiger partial charge in [-0.1, -0.05) is 29.3 Å². The van der Waals surface area contributed by atoms with Crippen molar-refractivity contribution < 1.29 is 9.59 Å². The first-order valence-corrected chi connectivity index (χ1v) is 12.2. The summed E-state index contributed by atoms with van der Waals surface area (Å²) in [5.41, 5.74) is 0.680. The van der Waals surface area contributed by atoms with Crippen LogP contribution in [0.4, 0.5) is 5.82 Å². The van der Waals surface area contributed by atoms with Crippen LogP contribution in [-0.4, -0.2) is 28.1 Å². The number of nitrogens with one attached hydrogen (secondary N) is 2. The lowest BCUT2D eigenvalue weighted by Crippen LogP contribution is -2.53. The average molecular weight is 475 g/mol. The second-order valence-corrected chi connectivity index (χ2v) is 10.7. The Morgan fingerprint density at radius 3 is 2.41 bits per heavy atom. The van der Waals surface area contributed by atoms with Crippen molar-refractivity contribution in [1.29, 1.82) is 0 Å². The van der Waals surface area contributed by atoms with Crippen LogP contribution in [0.15, 0.2) is 30.5 Å². The molecule has 4 saturated carbocycles. The predicted octanol–water partition coefficient (Wildman–Crippen LogP) is 4.90. The highest BCUT2D eigenvalue weighted by atomic mass is 35.5. The Morgan fingerprint density at radius 1 is 1.06 bits per heavy atom. The van der Waals surface area contributed by atoms with E-state index in [2.05, 4.69) is 15.7 Å². The topological polar surface area (TPSA) is 76.0 Å². The lowest BCUT2D eigenvalue weighted by Gasteiger charge is -2.55. The quantitative estimate of drug-likeness (QED) is 0.598. The van der Waals surface area contributed by atoms with Gasteiger partial charge < -0.3 is 10.6 Å². The normalized spacial score (nSPS) is 28.0. The zero-order valence-corrected chi connectivity index (χ0v) is 19.5. The third-order valence-corrected chi connectivity index (χ3v) is 8.06. The third-order valence-electron chi connectivity index (χ3n) is 7.48. The number of hydrogen-bond acceptors (Lipinski definition) is 3. The Labute approximate surface area is 198 Å². The van der Waals surface area contributed by atoms with Gasteiger partial charge in [-0.3, -0.25) is 9.59 Å². The lowest BCUT2D eigenvalue weighted by atomic mass is 9.49. The summed E-state index contributed by atoms with van der Waals surface area (Å²) in [6, 6.07) is 7.05. The largest absolute Gasteiger partial charge is 0.355 e. The molecule has 0 aliphatic heterocycles. The molecular formula is C24H28Cl2N4O2. The molecule has 1 heterocycles. The van der Waals surface area contributed by atoms with E-state index in [0.717, 1.165) is 42.6 Å². The SMILES string of the molecule is O=C(CCNC(=O)C12CC3CC(CC(C3)C1)C2)Nc1ccnn1Cc1ccc(Cl)cc1Cl. The summed E-state index contributed by atoms with van der Waals surface area (Å²) in [5.74, 6) is 2.78. The summed E-state index contributed by atoms with van der Waals surface area (Å²) in [5, 5.41) is 11.4. The van der Waals surface area contributed by atoms with Gasteiger partial charge in [0.1, 0.15) is 5.82 Å². The second-order valence-electron chi connectivity index (χ2n) is 9.86. The van der Waals surface area contributed by atoms with Gasteiger partial charge in [0, 0.05) is 34.5 Å². The van der Waals surface area contributed by atoms with Gasteiger partial charge in [-0.05, 0) is 74.0 Å². The molecule has 2 amide bonds. The molecule has 1 aromatic carbocycles. The van der Waals surface area contributed by atoms with E-state index in [4.69, 9.17) is 23.2 Å². The molecule has 6 rings (SSSR count). The first kappa shape index (κ1) is 21.8. The maximum atomic E-state index is 13.0. The number of benzene rings is 1. The molecule has 0 unspecified atom stereocenters. The molecule has 2 aromatic rings. The van der Waals surface area contributed by atoms with Crippen LogP contribution >= 0.6 is 23.2 Å².